The number of thioether (sulfide) groups is 1. The topological polar surface area (TPSA) is 49.3 Å². The maximum Gasteiger partial charge on any atom is 0.409 e. The highest BCUT2D eigenvalue weighted by molar-refractivity contribution is 8.00. The van der Waals surface area contributed by atoms with Gasteiger partial charge in [-0.2, -0.15) is 0 Å². The van der Waals surface area contributed by atoms with Crippen LogP contribution in [0.2, 0.25) is 5.02 Å². The maximum atomic E-state index is 14.0. The van der Waals surface area contributed by atoms with E-state index in [1.54, 1.807) is 23.9 Å². The summed E-state index contributed by atoms with van der Waals surface area (Å²) in [5, 5.41) is 12.1. The fourth-order valence-corrected chi connectivity index (χ4v) is 5.67. The van der Waals surface area contributed by atoms with E-state index >= 15 is 0 Å². The van der Waals surface area contributed by atoms with Crippen LogP contribution >= 0.6 is 23.4 Å². The number of nitrogens with one attached hydrogen (secondary N) is 1. The van der Waals surface area contributed by atoms with Crippen molar-refractivity contribution >= 4 is 35.1 Å². The van der Waals surface area contributed by atoms with Gasteiger partial charge in [-0.25, -0.2) is 9.18 Å². The van der Waals surface area contributed by atoms with Crippen LogP contribution in [0.3, 0.4) is 0 Å². The van der Waals surface area contributed by atoms with Gasteiger partial charge in [0, 0.05) is 16.5 Å². The first kappa shape index (κ1) is 18.1. The number of benzene rings is 2. The van der Waals surface area contributed by atoms with E-state index in [-0.39, 0.29) is 11.2 Å². The number of fused-ring (bicyclic) bond motifs is 1. The second-order valence-electron chi connectivity index (χ2n) is 7.11. The molecule has 132 valence electrons. The predicted molar refractivity (Wildman–Crippen MR) is 101 cm³/mol. The molecule has 1 aliphatic rings. The van der Waals surface area contributed by atoms with Crippen molar-refractivity contribution < 1.29 is 14.3 Å². The van der Waals surface area contributed by atoms with Crippen molar-refractivity contribution in [2.45, 2.75) is 31.3 Å². The monoisotopic (exact) mass is 379 g/mol. The summed E-state index contributed by atoms with van der Waals surface area (Å²) in [6.07, 6.45) is -1.10. The van der Waals surface area contributed by atoms with Crippen LogP contribution < -0.4 is 5.32 Å². The molecule has 6 heteroatoms. The number of carbonyl (C=O) groups is 1. The average Bonchev–Trinajstić information content (AvgIpc) is 2.90. The molecular formula is C19H19ClFNO2S. The second kappa shape index (κ2) is 6.22. The van der Waals surface area contributed by atoms with Crippen molar-refractivity contribution in [1.29, 1.82) is 0 Å². The molecule has 1 aliphatic heterocycles. The Bertz CT molecular complexity index is 850. The van der Waals surface area contributed by atoms with Crippen molar-refractivity contribution in [3.8, 4) is 0 Å². The van der Waals surface area contributed by atoms with Gasteiger partial charge in [0.15, 0.2) is 0 Å². The normalized spacial score (nSPS) is 19.6. The summed E-state index contributed by atoms with van der Waals surface area (Å²) >= 11 is 8.13. The molecule has 0 aromatic heterocycles. The van der Waals surface area contributed by atoms with Gasteiger partial charge in [-0.1, -0.05) is 44.5 Å². The molecule has 1 amide bonds. The Morgan fingerprint density at radius 1 is 1.28 bits per heavy atom. The molecule has 2 N–H and O–H groups in total. The molecule has 1 heterocycles. The van der Waals surface area contributed by atoms with Gasteiger partial charge in [0.2, 0.25) is 0 Å². The molecule has 0 radical (unpaired) electrons. The number of halogens is 2. The Hall–Kier alpha value is -1.72. The van der Waals surface area contributed by atoms with Crippen LogP contribution in [-0.2, 0) is 10.5 Å². The molecular weight excluding hydrogens is 361 g/mol. The zero-order chi connectivity index (χ0) is 18.4. The number of rotatable bonds is 2. The first-order chi connectivity index (χ1) is 11.7. The van der Waals surface area contributed by atoms with Crippen LogP contribution in [0, 0.1) is 11.2 Å². The lowest BCUT2D eigenvalue weighted by Gasteiger charge is -2.43. The summed E-state index contributed by atoms with van der Waals surface area (Å²) < 4.78 is 13.5. The van der Waals surface area contributed by atoms with Crippen LogP contribution in [0.1, 0.15) is 37.5 Å². The molecule has 0 saturated heterocycles. The Labute approximate surface area is 155 Å². The van der Waals surface area contributed by atoms with Crippen LogP contribution in [0.25, 0.3) is 0 Å². The first-order valence-corrected chi connectivity index (χ1v) is 9.25. The summed E-state index contributed by atoms with van der Waals surface area (Å²) in [5.41, 5.74) is 2.91. The summed E-state index contributed by atoms with van der Waals surface area (Å²) in [7, 11) is 0. The number of anilines is 1. The summed E-state index contributed by atoms with van der Waals surface area (Å²) in [6, 6.07) is 9.98. The lowest BCUT2D eigenvalue weighted by atomic mass is 9.70. The molecule has 0 fully saturated rings. The molecule has 3 rings (SSSR count). The Morgan fingerprint density at radius 3 is 2.64 bits per heavy atom. The third kappa shape index (κ3) is 2.89. The van der Waals surface area contributed by atoms with Gasteiger partial charge < -0.3 is 5.11 Å². The molecule has 3 nitrogen and oxygen atoms in total. The molecule has 2 aromatic rings. The highest BCUT2D eigenvalue weighted by atomic mass is 35.5. The van der Waals surface area contributed by atoms with Gasteiger partial charge in [0.05, 0.1) is 4.75 Å². The SMILES string of the molecule is CC(C)(C)C1(c2cc(F)ccc2Cl)SCc2c(NC(=O)O)cccc21. The molecule has 0 aliphatic carbocycles. The first-order valence-electron chi connectivity index (χ1n) is 7.88. The van der Waals surface area contributed by atoms with Gasteiger partial charge in [-0.05, 0) is 46.4 Å². The number of hydrogen-bond donors (Lipinski definition) is 2. The maximum absolute atomic E-state index is 14.0. The minimum absolute atomic E-state index is 0.276. The third-order valence-corrected chi connectivity index (χ3v) is 6.84. The quantitative estimate of drug-likeness (QED) is 0.662. The summed E-state index contributed by atoms with van der Waals surface area (Å²) in [5.74, 6) is 0.285. The smallest absolute Gasteiger partial charge is 0.409 e. The fraction of sp³-hybridized carbons (Fsp3) is 0.316. The van der Waals surface area contributed by atoms with Crippen LogP contribution in [-0.4, -0.2) is 11.2 Å². The Morgan fingerprint density at radius 2 is 2.00 bits per heavy atom. The summed E-state index contributed by atoms with van der Waals surface area (Å²) in [6.45, 7) is 6.27. The molecule has 1 unspecified atom stereocenters. The van der Waals surface area contributed by atoms with Gasteiger partial charge >= 0.3 is 6.09 Å². The van der Waals surface area contributed by atoms with Crippen LogP contribution in [0.4, 0.5) is 14.9 Å². The van der Waals surface area contributed by atoms with Crippen molar-refractivity contribution in [2.24, 2.45) is 5.41 Å². The van der Waals surface area contributed by atoms with Crippen molar-refractivity contribution in [2.75, 3.05) is 5.32 Å². The zero-order valence-corrected chi connectivity index (χ0v) is 15.8. The van der Waals surface area contributed by atoms with Gasteiger partial charge in [0.25, 0.3) is 0 Å². The molecule has 0 spiro atoms. The molecule has 0 bridgehead atoms. The summed E-state index contributed by atoms with van der Waals surface area (Å²) in [4.78, 5) is 11.1. The minimum Gasteiger partial charge on any atom is -0.465 e. The average molecular weight is 380 g/mol. The van der Waals surface area contributed by atoms with E-state index in [0.29, 0.717) is 16.5 Å². The van der Waals surface area contributed by atoms with Gasteiger partial charge in [-0.3, -0.25) is 5.32 Å². The number of amides is 1. The van der Waals surface area contributed by atoms with E-state index in [4.69, 9.17) is 16.7 Å². The molecule has 25 heavy (non-hydrogen) atoms. The van der Waals surface area contributed by atoms with E-state index in [0.717, 1.165) is 16.7 Å². The van der Waals surface area contributed by atoms with E-state index < -0.39 is 10.8 Å². The highest BCUT2D eigenvalue weighted by Crippen LogP contribution is 2.62. The van der Waals surface area contributed by atoms with Crippen molar-refractivity contribution in [1.82, 2.24) is 0 Å². The Kier molecular flexibility index (Phi) is 4.50. The third-order valence-electron chi connectivity index (χ3n) is 4.59. The van der Waals surface area contributed by atoms with Crippen molar-refractivity contribution in [3.63, 3.8) is 0 Å². The van der Waals surface area contributed by atoms with Gasteiger partial charge in [0.1, 0.15) is 5.82 Å². The van der Waals surface area contributed by atoms with Crippen LogP contribution in [0.15, 0.2) is 36.4 Å². The van der Waals surface area contributed by atoms with E-state index in [2.05, 4.69) is 26.1 Å². The van der Waals surface area contributed by atoms with E-state index in [9.17, 15) is 9.18 Å². The Balaban J connectivity index is 2.29. The largest absolute Gasteiger partial charge is 0.465 e. The van der Waals surface area contributed by atoms with Crippen molar-refractivity contribution in [3.05, 3.63) is 63.9 Å². The zero-order valence-electron chi connectivity index (χ0n) is 14.2. The minimum atomic E-state index is -1.10. The van der Waals surface area contributed by atoms with Gasteiger partial charge in [-0.15, -0.1) is 11.8 Å². The van der Waals surface area contributed by atoms with E-state index in [1.807, 2.05) is 12.1 Å². The lowest BCUT2D eigenvalue weighted by molar-refractivity contribution is 0.209. The molecule has 1 atom stereocenters. The molecule has 0 saturated carbocycles. The molecule has 2 aromatic carbocycles. The number of hydrogen-bond acceptors (Lipinski definition) is 2. The second-order valence-corrected chi connectivity index (χ2v) is 8.70. The number of carboxylic acid groups (broad SMARTS) is 1. The van der Waals surface area contributed by atoms with E-state index in [1.165, 1.54) is 12.1 Å². The van der Waals surface area contributed by atoms with Crippen LogP contribution in [0.5, 0.6) is 0 Å². The standard InChI is InChI=1S/C19H19ClFNO2S/c1-18(2,3)19(14-9-11(21)7-8-15(14)20)13-5-4-6-16(22-17(23)24)12(13)10-25-19/h4-9,22H,10H2,1-3H3,(H,23,24). The highest BCUT2D eigenvalue weighted by Gasteiger charge is 2.51. The predicted octanol–water partition coefficient (Wildman–Crippen LogP) is 6.11. The fourth-order valence-electron chi connectivity index (χ4n) is 3.58. The lowest BCUT2D eigenvalue weighted by Crippen LogP contribution is -2.37.